The number of carbonyl (C=O) groups excluding carboxylic acids is 2. The first kappa shape index (κ1) is 17.9. The van der Waals surface area contributed by atoms with Gasteiger partial charge in [0.2, 0.25) is 0 Å². The second kappa shape index (κ2) is 7.97. The molecule has 0 fully saturated rings. The normalized spacial score (nSPS) is 11.2. The summed E-state index contributed by atoms with van der Waals surface area (Å²) in [6, 6.07) is 11.4. The van der Waals surface area contributed by atoms with Crippen LogP contribution in [0.2, 0.25) is 0 Å². The maximum Gasteiger partial charge on any atom is 0.331 e. The summed E-state index contributed by atoms with van der Waals surface area (Å²) in [6.45, 7) is 1.84. The summed E-state index contributed by atoms with van der Waals surface area (Å²) in [6.07, 6.45) is 2.87. The minimum absolute atomic E-state index is 0.305. The highest BCUT2D eigenvalue weighted by Gasteiger charge is 2.13. The molecule has 2 aromatic heterocycles. The van der Waals surface area contributed by atoms with Gasteiger partial charge in [0.1, 0.15) is 16.5 Å². The van der Waals surface area contributed by atoms with Crippen LogP contribution in [0.25, 0.3) is 16.3 Å². The van der Waals surface area contributed by atoms with Gasteiger partial charge in [-0.25, -0.2) is 9.78 Å². The standard InChI is InChI=1S/C19H18N2O4S/c1-13-7-8-14(25-13)11-21(2)18(22)12-24-19(23)10-9-17-20-15-5-3-4-6-16(15)26-17/h3-10H,11-12H2,1-2H3/b10-9+. The Balaban J connectivity index is 1.49. The van der Waals surface area contributed by atoms with E-state index in [9.17, 15) is 9.59 Å². The lowest BCUT2D eigenvalue weighted by Gasteiger charge is -2.15. The number of ether oxygens (including phenoxy) is 1. The number of hydrogen-bond donors (Lipinski definition) is 0. The van der Waals surface area contributed by atoms with Crippen molar-refractivity contribution in [2.75, 3.05) is 13.7 Å². The van der Waals surface area contributed by atoms with E-state index >= 15 is 0 Å². The highest BCUT2D eigenvalue weighted by Crippen LogP contribution is 2.22. The topological polar surface area (TPSA) is 72.6 Å². The van der Waals surface area contributed by atoms with Gasteiger partial charge in [0, 0.05) is 13.1 Å². The van der Waals surface area contributed by atoms with Crippen molar-refractivity contribution in [2.45, 2.75) is 13.5 Å². The van der Waals surface area contributed by atoms with Gasteiger partial charge >= 0.3 is 5.97 Å². The molecule has 0 aliphatic heterocycles. The van der Waals surface area contributed by atoms with Gasteiger partial charge < -0.3 is 14.1 Å². The van der Waals surface area contributed by atoms with Crippen molar-refractivity contribution in [3.8, 4) is 0 Å². The van der Waals surface area contributed by atoms with Gasteiger partial charge in [0.05, 0.1) is 16.8 Å². The first-order chi connectivity index (χ1) is 12.5. The molecule has 1 aromatic carbocycles. The molecule has 2 heterocycles. The molecule has 3 aromatic rings. The summed E-state index contributed by atoms with van der Waals surface area (Å²) < 4.78 is 11.5. The fourth-order valence-electron chi connectivity index (χ4n) is 2.28. The smallest absolute Gasteiger partial charge is 0.331 e. The lowest BCUT2D eigenvalue weighted by atomic mass is 10.3. The number of para-hydroxylation sites is 1. The summed E-state index contributed by atoms with van der Waals surface area (Å²) in [5.41, 5.74) is 0.885. The summed E-state index contributed by atoms with van der Waals surface area (Å²) in [5, 5.41) is 0.708. The van der Waals surface area contributed by atoms with Crippen molar-refractivity contribution in [1.29, 1.82) is 0 Å². The van der Waals surface area contributed by atoms with E-state index < -0.39 is 5.97 Å². The van der Waals surface area contributed by atoms with E-state index in [0.717, 1.165) is 16.0 Å². The van der Waals surface area contributed by atoms with Gasteiger partial charge in [-0.2, -0.15) is 0 Å². The molecule has 6 nitrogen and oxygen atoms in total. The van der Waals surface area contributed by atoms with Crippen LogP contribution in [-0.2, 0) is 20.9 Å². The molecule has 0 atom stereocenters. The Morgan fingerprint density at radius 3 is 2.81 bits per heavy atom. The van der Waals surface area contributed by atoms with Gasteiger partial charge in [0.25, 0.3) is 5.91 Å². The molecule has 0 spiro atoms. The van der Waals surface area contributed by atoms with Crippen molar-refractivity contribution in [1.82, 2.24) is 9.88 Å². The van der Waals surface area contributed by atoms with Gasteiger partial charge in [0.15, 0.2) is 6.61 Å². The number of aromatic nitrogens is 1. The van der Waals surface area contributed by atoms with Crippen LogP contribution in [0.5, 0.6) is 0 Å². The van der Waals surface area contributed by atoms with Crippen LogP contribution in [-0.4, -0.2) is 35.4 Å². The van der Waals surface area contributed by atoms with Crippen molar-refractivity contribution in [2.24, 2.45) is 0 Å². The number of furan rings is 1. The summed E-state index contributed by atoms with van der Waals surface area (Å²) in [7, 11) is 1.63. The van der Waals surface area contributed by atoms with E-state index in [-0.39, 0.29) is 12.5 Å². The predicted octanol–water partition coefficient (Wildman–Crippen LogP) is 3.41. The van der Waals surface area contributed by atoms with E-state index in [1.165, 1.54) is 22.3 Å². The molecule has 7 heteroatoms. The first-order valence-electron chi connectivity index (χ1n) is 8.01. The molecular weight excluding hydrogens is 352 g/mol. The Morgan fingerprint density at radius 1 is 1.27 bits per heavy atom. The zero-order chi connectivity index (χ0) is 18.5. The number of rotatable bonds is 6. The number of esters is 1. The minimum Gasteiger partial charge on any atom is -0.464 e. The molecule has 0 N–H and O–H groups in total. The highest BCUT2D eigenvalue weighted by molar-refractivity contribution is 7.19. The number of nitrogens with zero attached hydrogens (tertiary/aromatic N) is 2. The maximum absolute atomic E-state index is 12.0. The van der Waals surface area contributed by atoms with E-state index in [4.69, 9.17) is 9.15 Å². The third-order valence-electron chi connectivity index (χ3n) is 3.63. The van der Waals surface area contributed by atoms with Crippen LogP contribution in [0.15, 0.2) is 46.9 Å². The monoisotopic (exact) mass is 370 g/mol. The number of carbonyl (C=O) groups is 2. The van der Waals surface area contributed by atoms with Gasteiger partial charge in [-0.1, -0.05) is 12.1 Å². The molecule has 0 unspecified atom stereocenters. The molecule has 0 aliphatic rings. The van der Waals surface area contributed by atoms with Crippen LogP contribution in [0, 0.1) is 6.92 Å². The Kier molecular flexibility index (Phi) is 5.48. The molecule has 0 aliphatic carbocycles. The lowest BCUT2D eigenvalue weighted by molar-refractivity contribution is -0.147. The fourth-order valence-corrected chi connectivity index (χ4v) is 3.15. The second-order valence-corrected chi connectivity index (χ2v) is 6.79. The van der Waals surface area contributed by atoms with Gasteiger partial charge in [-0.05, 0) is 37.3 Å². The number of benzene rings is 1. The Bertz CT molecular complexity index is 924. The van der Waals surface area contributed by atoms with Crippen LogP contribution in [0.1, 0.15) is 16.5 Å². The van der Waals surface area contributed by atoms with Crippen LogP contribution in [0.4, 0.5) is 0 Å². The summed E-state index contributed by atoms with van der Waals surface area (Å²) in [5.74, 6) is 0.577. The van der Waals surface area contributed by atoms with Crippen molar-refractivity contribution in [3.63, 3.8) is 0 Å². The molecule has 134 valence electrons. The van der Waals surface area contributed by atoms with Crippen molar-refractivity contribution in [3.05, 3.63) is 59.0 Å². The van der Waals surface area contributed by atoms with Crippen LogP contribution in [0.3, 0.4) is 0 Å². The van der Waals surface area contributed by atoms with Gasteiger partial charge in [-0.15, -0.1) is 11.3 Å². The van der Waals surface area contributed by atoms with Crippen LogP contribution >= 0.6 is 11.3 Å². The molecule has 0 bridgehead atoms. The predicted molar refractivity (Wildman–Crippen MR) is 99.5 cm³/mol. The zero-order valence-electron chi connectivity index (χ0n) is 14.5. The molecule has 0 saturated heterocycles. The summed E-state index contributed by atoms with van der Waals surface area (Å²) >= 11 is 1.48. The SMILES string of the molecule is Cc1ccc(CN(C)C(=O)COC(=O)/C=C/c2nc3ccccc3s2)o1. The number of amides is 1. The molecular formula is C19H18N2O4S. The number of aryl methyl sites for hydroxylation is 1. The molecule has 1 amide bonds. The van der Waals surface area contributed by atoms with E-state index in [0.29, 0.717) is 17.3 Å². The van der Waals surface area contributed by atoms with Gasteiger partial charge in [-0.3, -0.25) is 4.79 Å². The largest absolute Gasteiger partial charge is 0.464 e. The molecule has 0 saturated carbocycles. The van der Waals surface area contributed by atoms with E-state index in [2.05, 4.69) is 4.98 Å². The zero-order valence-corrected chi connectivity index (χ0v) is 15.3. The Morgan fingerprint density at radius 2 is 2.08 bits per heavy atom. The maximum atomic E-state index is 12.0. The van der Waals surface area contributed by atoms with Crippen molar-refractivity contribution < 1.29 is 18.7 Å². The minimum atomic E-state index is -0.583. The Labute approximate surface area is 154 Å². The average molecular weight is 370 g/mol. The third-order valence-corrected chi connectivity index (χ3v) is 4.63. The number of thiazole rings is 1. The number of fused-ring (bicyclic) bond motifs is 1. The summed E-state index contributed by atoms with van der Waals surface area (Å²) in [4.78, 5) is 29.7. The van der Waals surface area contributed by atoms with E-state index in [1.54, 1.807) is 13.1 Å². The lowest BCUT2D eigenvalue weighted by Crippen LogP contribution is -2.30. The second-order valence-electron chi connectivity index (χ2n) is 5.72. The molecule has 26 heavy (non-hydrogen) atoms. The first-order valence-corrected chi connectivity index (χ1v) is 8.82. The quantitative estimate of drug-likeness (QED) is 0.491. The number of likely N-dealkylation sites (N-methyl/N-ethyl adjacent to an activating group) is 1. The average Bonchev–Trinajstić information content (AvgIpc) is 3.23. The highest BCUT2D eigenvalue weighted by atomic mass is 32.1. The van der Waals surface area contributed by atoms with E-state index in [1.807, 2.05) is 43.3 Å². The van der Waals surface area contributed by atoms with Crippen molar-refractivity contribution >= 4 is 39.5 Å². The number of hydrogen-bond acceptors (Lipinski definition) is 6. The third kappa shape index (κ3) is 4.58. The Hall–Kier alpha value is -2.93. The molecule has 0 radical (unpaired) electrons. The van der Waals surface area contributed by atoms with Crippen LogP contribution < -0.4 is 0 Å². The fraction of sp³-hybridized carbons (Fsp3) is 0.211. The molecule has 3 rings (SSSR count).